The van der Waals surface area contributed by atoms with Crippen LogP contribution in [0.2, 0.25) is 5.02 Å². The van der Waals surface area contributed by atoms with E-state index in [2.05, 4.69) is 26.6 Å². The van der Waals surface area contributed by atoms with Crippen LogP contribution in [-0.2, 0) is 4.79 Å². The van der Waals surface area contributed by atoms with Crippen molar-refractivity contribution in [3.8, 4) is 0 Å². The van der Waals surface area contributed by atoms with Gasteiger partial charge in [-0.25, -0.2) is 4.39 Å². The van der Waals surface area contributed by atoms with Gasteiger partial charge in [0.15, 0.2) is 0 Å². The Morgan fingerprint density at radius 3 is 2.70 bits per heavy atom. The number of nitrogens with one attached hydrogen (secondary N) is 2. The monoisotopic (exact) mass is 356 g/mol. The average molecular weight is 358 g/mol. The molecule has 2 aromatic rings. The van der Waals surface area contributed by atoms with Crippen molar-refractivity contribution in [3.63, 3.8) is 0 Å². The molecule has 0 bridgehead atoms. The van der Waals surface area contributed by atoms with Crippen LogP contribution in [0.25, 0.3) is 0 Å². The summed E-state index contributed by atoms with van der Waals surface area (Å²) >= 11 is 9.10. The van der Waals surface area contributed by atoms with E-state index < -0.39 is 5.82 Å². The normalized spacial score (nSPS) is 10.2. The second-order valence-electron chi connectivity index (χ2n) is 4.01. The number of anilines is 2. The molecule has 0 atom stereocenters. The van der Waals surface area contributed by atoms with E-state index in [4.69, 9.17) is 11.6 Å². The van der Waals surface area contributed by atoms with Crippen molar-refractivity contribution in [1.82, 2.24) is 0 Å². The minimum Gasteiger partial charge on any atom is -0.374 e. The summed E-state index contributed by atoms with van der Waals surface area (Å²) in [5, 5.41) is 5.82. The van der Waals surface area contributed by atoms with E-state index in [9.17, 15) is 9.18 Å². The molecule has 1 amide bonds. The minimum absolute atomic E-state index is 0.0569. The third kappa shape index (κ3) is 3.95. The van der Waals surface area contributed by atoms with Gasteiger partial charge in [0.25, 0.3) is 0 Å². The van der Waals surface area contributed by atoms with Crippen molar-refractivity contribution in [2.24, 2.45) is 0 Å². The van der Waals surface area contributed by atoms with Crippen molar-refractivity contribution in [2.45, 2.75) is 0 Å². The molecule has 0 spiro atoms. The van der Waals surface area contributed by atoms with Crippen LogP contribution < -0.4 is 10.6 Å². The molecule has 0 aromatic heterocycles. The fourth-order valence-corrected chi connectivity index (χ4v) is 2.12. The smallest absolute Gasteiger partial charge is 0.243 e. The van der Waals surface area contributed by atoms with Gasteiger partial charge >= 0.3 is 0 Å². The number of carbonyl (C=O) groups is 1. The molecule has 2 rings (SSSR count). The Morgan fingerprint density at radius 1 is 1.20 bits per heavy atom. The molecule has 104 valence electrons. The number of carbonyl (C=O) groups excluding carboxylic acids is 1. The zero-order valence-corrected chi connectivity index (χ0v) is 12.6. The zero-order valence-electron chi connectivity index (χ0n) is 10.3. The topological polar surface area (TPSA) is 41.1 Å². The van der Waals surface area contributed by atoms with Gasteiger partial charge in [-0.3, -0.25) is 4.79 Å². The third-order valence-corrected chi connectivity index (χ3v) is 3.44. The van der Waals surface area contributed by atoms with Gasteiger partial charge < -0.3 is 10.6 Å². The van der Waals surface area contributed by atoms with Crippen molar-refractivity contribution >= 4 is 44.8 Å². The first-order chi connectivity index (χ1) is 9.56. The van der Waals surface area contributed by atoms with E-state index in [0.29, 0.717) is 10.7 Å². The van der Waals surface area contributed by atoms with Gasteiger partial charge in [-0.05, 0) is 46.3 Å². The minimum atomic E-state index is -0.455. The van der Waals surface area contributed by atoms with Gasteiger partial charge in [0.05, 0.1) is 17.9 Å². The Balaban J connectivity index is 1.96. The summed E-state index contributed by atoms with van der Waals surface area (Å²) in [7, 11) is 0. The summed E-state index contributed by atoms with van der Waals surface area (Å²) in [6, 6.07) is 11.4. The quantitative estimate of drug-likeness (QED) is 0.857. The number of benzene rings is 2. The lowest BCUT2D eigenvalue weighted by atomic mass is 10.3. The Hall–Kier alpha value is -1.59. The summed E-state index contributed by atoms with van der Waals surface area (Å²) in [5.74, 6) is -0.737. The molecule has 20 heavy (non-hydrogen) atoms. The number of hydrogen-bond donors (Lipinski definition) is 2. The first-order valence-corrected chi connectivity index (χ1v) is 6.96. The maximum Gasteiger partial charge on any atom is 0.243 e. The number of rotatable bonds is 4. The maximum atomic E-state index is 13.5. The molecule has 0 aliphatic heterocycles. The van der Waals surface area contributed by atoms with E-state index in [-0.39, 0.29) is 18.1 Å². The lowest BCUT2D eigenvalue weighted by Crippen LogP contribution is -2.22. The molecule has 0 aliphatic carbocycles. The standard InChI is InChI=1S/C14H11BrClFN2O/c15-10-3-1-2-4-12(10)19-14(20)8-18-13-7-9(16)5-6-11(13)17/h1-7,18H,8H2,(H,19,20). The number of para-hydroxylation sites is 1. The zero-order chi connectivity index (χ0) is 14.5. The van der Waals surface area contributed by atoms with Crippen molar-refractivity contribution in [2.75, 3.05) is 17.2 Å². The van der Waals surface area contributed by atoms with Crippen LogP contribution in [0.3, 0.4) is 0 Å². The molecule has 0 saturated carbocycles. The summed E-state index contributed by atoms with van der Waals surface area (Å²) in [6.45, 7) is -0.0569. The Labute approximate surface area is 129 Å². The molecular formula is C14H11BrClFN2O. The van der Waals surface area contributed by atoms with Crippen LogP contribution in [-0.4, -0.2) is 12.5 Å². The molecule has 3 nitrogen and oxygen atoms in total. The maximum absolute atomic E-state index is 13.5. The third-order valence-electron chi connectivity index (χ3n) is 2.52. The highest BCUT2D eigenvalue weighted by Gasteiger charge is 2.07. The van der Waals surface area contributed by atoms with E-state index >= 15 is 0 Å². The summed E-state index contributed by atoms with van der Waals surface area (Å²) in [5.41, 5.74) is 0.852. The van der Waals surface area contributed by atoms with E-state index in [1.807, 2.05) is 18.2 Å². The molecule has 2 N–H and O–H groups in total. The summed E-state index contributed by atoms with van der Waals surface area (Å²) in [4.78, 5) is 11.8. The van der Waals surface area contributed by atoms with Crippen LogP contribution in [0, 0.1) is 5.82 Å². The lowest BCUT2D eigenvalue weighted by Gasteiger charge is -2.10. The van der Waals surface area contributed by atoms with E-state index in [0.717, 1.165) is 4.47 Å². The Morgan fingerprint density at radius 2 is 1.95 bits per heavy atom. The van der Waals surface area contributed by atoms with Gasteiger partial charge in [0.1, 0.15) is 5.82 Å². The second-order valence-corrected chi connectivity index (χ2v) is 5.30. The molecular weight excluding hydrogens is 347 g/mol. The fraction of sp³-hybridized carbons (Fsp3) is 0.0714. The molecule has 0 saturated heterocycles. The average Bonchev–Trinajstić information content (AvgIpc) is 2.42. The fourth-order valence-electron chi connectivity index (χ4n) is 1.57. The van der Waals surface area contributed by atoms with Crippen LogP contribution in [0.1, 0.15) is 0 Å². The number of halogens is 3. The van der Waals surface area contributed by atoms with Gasteiger partial charge in [0.2, 0.25) is 5.91 Å². The largest absolute Gasteiger partial charge is 0.374 e. The van der Waals surface area contributed by atoms with Crippen LogP contribution >= 0.6 is 27.5 Å². The highest BCUT2D eigenvalue weighted by atomic mass is 79.9. The Bertz CT molecular complexity index is 636. The summed E-state index contributed by atoms with van der Waals surface area (Å²) < 4.78 is 14.2. The van der Waals surface area contributed by atoms with Gasteiger partial charge in [-0.15, -0.1) is 0 Å². The molecule has 6 heteroatoms. The first-order valence-electron chi connectivity index (χ1n) is 5.79. The molecule has 0 radical (unpaired) electrons. The summed E-state index contributed by atoms with van der Waals surface area (Å²) in [6.07, 6.45) is 0. The SMILES string of the molecule is O=C(CNc1cc(Cl)ccc1F)Nc1ccccc1Br. The molecule has 0 aliphatic rings. The van der Waals surface area contributed by atoms with Crippen molar-refractivity contribution in [1.29, 1.82) is 0 Å². The van der Waals surface area contributed by atoms with Gasteiger partial charge in [0, 0.05) is 9.50 Å². The van der Waals surface area contributed by atoms with Crippen molar-refractivity contribution < 1.29 is 9.18 Å². The molecule has 2 aromatic carbocycles. The second kappa shape index (κ2) is 6.72. The molecule has 0 heterocycles. The predicted octanol–water partition coefficient (Wildman–Crippen LogP) is 4.29. The lowest BCUT2D eigenvalue weighted by molar-refractivity contribution is -0.114. The Kier molecular flexibility index (Phi) is 4.98. The highest BCUT2D eigenvalue weighted by Crippen LogP contribution is 2.21. The van der Waals surface area contributed by atoms with Crippen LogP contribution in [0.5, 0.6) is 0 Å². The molecule has 0 fully saturated rings. The van der Waals surface area contributed by atoms with Crippen molar-refractivity contribution in [3.05, 3.63) is 57.8 Å². The number of hydrogen-bond acceptors (Lipinski definition) is 2. The van der Waals surface area contributed by atoms with Crippen LogP contribution in [0.15, 0.2) is 46.9 Å². The van der Waals surface area contributed by atoms with E-state index in [1.165, 1.54) is 18.2 Å². The first kappa shape index (κ1) is 14.8. The van der Waals surface area contributed by atoms with Crippen LogP contribution in [0.4, 0.5) is 15.8 Å². The molecule has 0 unspecified atom stereocenters. The van der Waals surface area contributed by atoms with E-state index in [1.54, 1.807) is 6.07 Å². The number of amides is 1. The van der Waals surface area contributed by atoms with Gasteiger partial charge in [-0.2, -0.15) is 0 Å². The highest BCUT2D eigenvalue weighted by molar-refractivity contribution is 9.10. The predicted molar refractivity (Wildman–Crippen MR) is 82.7 cm³/mol. The van der Waals surface area contributed by atoms with Gasteiger partial charge in [-0.1, -0.05) is 23.7 Å².